The number of benzene rings is 2. The number of anilines is 1. The van der Waals surface area contributed by atoms with Crippen molar-refractivity contribution in [2.45, 2.75) is 19.6 Å². The molecule has 0 saturated heterocycles. The molecule has 0 spiro atoms. The lowest BCUT2D eigenvalue weighted by molar-refractivity contribution is 0.185. The maximum atomic E-state index is 13.8. The SMILES string of the molecule is COCc1c(Br)cccc1NC(C)c1ccc(F)cc1F. The molecule has 112 valence electrons. The van der Waals surface area contributed by atoms with Gasteiger partial charge in [-0.05, 0) is 25.1 Å². The molecule has 1 N–H and O–H groups in total. The molecule has 1 unspecified atom stereocenters. The Morgan fingerprint density at radius 2 is 2.00 bits per heavy atom. The molecule has 0 radical (unpaired) electrons. The minimum Gasteiger partial charge on any atom is -0.380 e. The summed E-state index contributed by atoms with van der Waals surface area (Å²) >= 11 is 3.47. The second-order valence-electron chi connectivity index (χ2n) is 4.73. The normalized spacial score (nSPS) is 12.2. The molecule has 0 aliphatic rings. The Morgan fingerprint density at radius 1 is 1.24 bits per heavy atom. The summed E-state index contributed by atoms with van der Waals surface area (Å²) in [6.07, 6.45) is 0. The Bertz CT molecular complexity index is 634. The summed E-state index contributed by atoms with van der Waals surface area (Å²) < 4.78 is 32.9. The van der Waals surface area contributed by atoms with Crippen LogP contribution in [0.5, 0.6) is 0 Å². The van der Waals surface area contributed by atoms with Crippen molar-refractivity contribution in [3.8, 4) is 0 Å². The fourth-order valence-electron chi connectivity index (χ4n) is 2.15. The maximum absolute atomic E-state index is 13.8. The van der Waals surface area contributed by atoms with Gasteiger partial charge in [0, 0.05) is 34.5 Å². The van der Waals surface area contributed by atoms with E-state index in [1.165, 1.54) is 12.1 Å². The molecular weight excluding hydrogens is 340 g/mol. The van der Waals surface area contributed by atoms with Crippen molar-refractivity contribution in [3.05, 3.63) is 63.6 Å². The number of halogens is 3. The third-order valence-electron chi connectivity index (χ3n) is 3.21. The Balaban J connectivity index is 2.27. The largest absolute Gasteiger partial charge is 0.380 e. The van der Waals surface area contributed by atoms with Gasteiger partial charge in [-0.1, -0.05) is 28.1 Å². The van der Waals surface area contributed by atoms with Crippen molar-refractivity contribution in [3.63, 3.8) is 0 Å². The van der Waals surface area contributed by atoms with Gasteiger partial charge >= 0.3 is 0 Å². The van der Waals surface area contributed by atoms with E-state index in [0.29, 0.717) is 12.2 Å². The van der Waals surface area contributed by atoms with Crippen molar-refractivity contribution >= 4 is 21.6 Å². The van der Waals surface area contributed by atoms with E-state index >= 15 is 0 Å². The highest BCUT2D eigenvalue weighted by Gasteiger charge is 2.14. The topological polar surface area (TPSA) is 21.3 Å². The van der Waals surface area contributed by atoms with Gasteiger partial charge in [0.2, 0.25) is 0 Å². The van der Waals surface area contributed by atoms with Crippen molar-refractivity contribution in [2.75, 3.05) is 12.4 Å². The average molecular weight is 356 g/mol. The average Bonchev–Trinajstić information content (AvgIpc) is 2.42. The van der Waals surface area contributed by atoms with Gasteiger partial charge < -0.3 is 10.1 Å². The highest BCUT2D eigenvalue weighted by Crippen LogP contribution is 2.29. The number of rotatable bonds is 5. The third-order valence-corrected chi connectivity index (χ3v) is 3.95. The zero-order chi connectivity index (χ0) is 15.4. The number of methoxy groups -OCH3 is 1. The molecule has 0 saturated carbocycles. The van der Waals surface area contributed by atoms with Gasteiger partial charge in [-0.2, -0.15) is 0 Å². The lowest BCUT2D eigenvalue weighted by Crippen LogP contribution is -2.11. The monoisotopic (exact) mass is 355 g/mol. The minimum absolute atomic E-state index is 0.296. The van der Waals surface area contributed by atoms with Crippen LogP contribution < -0.4 is 5.32 Å². The zero-order valence-corrected chi connectivity index (χ0v) is 13.4. The van der Waals surface area contributed by atoms with Gasteiger partial charge in [-0.15, -0.1) is 0 Å². The first kappa shape index (κ1) is 15.9. The summed E-state index contributed by atoms with van der Waals surface area (Å²) in [5.41, 5.74) is 2.22. The van der Waals surface area contributed by atoms with Crippen molar-refractivity contribution in [1.29, 1.82) is 0 Å². The molecule has 0 amide bonds. The molecule has 2 rings (SSSR count). The van der Waals surface area contributed by atoms with E-state index in [9.17, 15) is 8.78 Å². The lowest BCUT2D eigenvalue weighted by atomic mass is 10.1. The first-order valence-corrected chi connectivity index (χ1v) is 7.30. The summed E-state index contributed by atoms with van der Waals surface area (Å²) in [4.78, 5) is 0. The predicted molar refractivity (Wildman–Crippen MR) is 83.3 cm³/mol. The van der Waals surface area contributed by atoms with Crippen LogP contribution in [0, 0.1) is 11.6 Å². The fraction of sp³-hybridized carbons (Fsp3) is 0.250. The van der Waals surface area contributed by atoms with Crippen LogP contribution in [0.4, 0.5) is 14.5 Å². The van der Waals surface area contributed by atoms with Crippen LogP contribution in [0.2, 0.25) is 0 Å². The first-order chi connectivity index (χ1) is 10.0. The quantitative estimate of drug-likeness (QED) is 0.810. The van der Waals surface area contributed by atoms with E-state index in [2.05, 4.69) is 21.2 Å². The smallest absolute Gasteiger partial charge is 0.131 e. The van der Waals surface area contributed by atoms with Crippen molar-refractivity contribution in [1.82, 2.24) is 0 Å². The molecule has 0 aliphatic carbocycles. The van der Waals surface area contributed by atoms with Crippen molar-refractivity contribution < 1.29 is 13.5 Å². The van der Waals surface area contributed by atoms with Gasteiger partial charge in [-0.3, -0.25) is 0 Å². The van der Waals surface area contributed by atoms with E-state index in [1.54, 1.807) is 7.11 Å². The van der Waals surface area contributed by atoms with Crippen LogP contribution in [0.3, 0.4) is 0 Å². The molecule has 2 aromatic rings. The van der Waals surface area contributed by atoms with Gasteiger partial charge in [0.1, 0.15) is 11.6 Å². The molecule has 5 heteroatoms. The van der Waals surface area contributed by atoms with Gasteiger partial charge in [0.05, 0.1) is 12.6 Å². The second-order valence-corrected chi connectivity index (χ2v) is 5.59. The first-order valence-electron chi connectivity index (χ1n) is 6.50. The van der Waals surface area contributed by atoms with Gasteiger partial charge in [-0.25, -0.2) is 8.78 Å². The summed E-state index contributed by atoms with van der Waals surface area (Å²) in [6.45, 7) is 2.26. The molecule has 1 atom stereocenters. The Labute approximate surface area is 131 Å². The molecule has 0 aliphatic heterocycles. The summed E-state index contributed by atoms with van der Waals surface area (Å²) in [5, 5.41) is 3.24. The van der Waals surface area contributed by atoms with E-state index in [0.717, 1.165) is 21.8 Å². The predicted octanol–water partition coefficient (Wildman–Crippen LogP) is 5.05. The molecule has 2 aromatic carbocycles. The molecule has 0 heterocycles. The summed E-state index contributed by atoms with van der Waals surface area (Å²) in [6, 6.07) is 9.02. The highest BCUT2D eigenvalue weighted by molar-refractivity contribution is 9.10. The van der Waals surface area contributed by atoms with E-state index < -0.39 is 11.6 Å². The number of ether oxygens (including phenoxy) is 1. The van der Waals surface area contributed by atoms with Crippen LogP contribution in [-0.4, -0.2) is 7.11 Å². The van der Waals surface area contributed by atoms with Gasteiger partial charge in [0.25, 0.3) is 0 Å². The third kappa shape index (κ3) is 3.80. The Kier molecular flexibility index (Phi) is 5.31. The second kappa shape index (κ2) is 7.00. The van der Waals surface area contributed by atoms with Crippen LogP contribution in [0.25, 0.3) is 0 Å². The van der Waals surface area contributed by atoms with E-state index in [1.807, 2.05) is 25.1 Å². The van der Waals surface area contributed by atoms with Crippen molar-refractivity contribution in [2.24, 2.45) is 0 Å². The molecule has 0 aromatic heterocycles. The molecular formula is C16H16BrF2NO. The highest BCUT2D eigenvalue weighted by atomic mass is 79.9. The van der Waals surface area contributed by atoms with E-state index in [-0.39, 0.29) is 6.04 Å². The van der Waals surface area contributed by atoms with E-state index in [4.69, 9.17) is 4.74 Å². The summed E-state index contributed by atoms with van der Waals surface area (Å²) in [7, 11) is 1.62. The lowest BCUT2D eigenvalue weighted by Gasteiger charge is -2.19. The number of nitrogens with one attached hydrogen (secondary N) is 1. The van der Waals surface area contributed by atoms with Crippen LogP contribution in [0.15, 0.2) is 40.9 Å². The molecule has 21 heavy (non-hydrogen) atoms. The van der Waals surface area contributed by atoms with Crippen LogP contribution >= 0.6 is 15.9 Å². The van der Waals surface area contributed by atoms with Crippen LogP contribution in [0.1, 0.15) is 24.1 Å². The molecule has 0 fully saturated rings. The minimum atomic E-state index is -0.578. The zero-order valence-electron chi connectivity index (χ0n) is 11.8. The number of hydrogen-bond acceptors (Lipinski definition) is 2. The maximum Gasteiger partial charge on any atom is 0.131 e. The fourth-order valence-corrected chi connectivity index (χ4v) is 2.63. The Hall–Kier alpha value is -1.46. The number of hydrogen-bond donors (Lipinski definition) is 1. The molecule has 0 bridgehead atoms. The van der Waals surface area contributed by atoms with Gasteiger partial charge in [0.15, 0.2) is 0 Å². The summed E-state index contributed by atoms with van der Waals surface area (Å²) in [5.74, 6) is -1.13. The molecule has 2 nitrogen and oxygen atoms in total. The standard InChI is InChI=1S/C16H16BrF2NO/c1-10(12-7-6-11(18)8-15(12)19)20-16-5-3-4-14(17)13(16)9-21-2/h3-8,10,20H,9H2,1-2H3. The Morgan fingerprint density at radius 3 is 2.67 bits per heavy atom. The van der Waals surface area contributed by atoms with Crippen LogP contribution in [-0.2, 0) is 11.3 Å².